The lowest BCUT2D eigenvalue weighted by Gasteiger charge is -2.23. The minimum Gasteiger partial charge on any atom is -0.387 e. The fourth-order valence-electron chi connectivity index (χ4n) is 1.61. The van der Waals surface area contributed by atoms with Gasteiger partial charge in [-0.05, 0) is 25.0 Å². The molecule has 0 aromatic heterocycles. The molecule has 1 atom stereocenters. The van der Waals surface area contributed by atoms with Gasteiger partial charge in [-0.15, -0.1) is 0 Å². The molecule has 1 rings (SSSR count). The van der Waals surface area contributed by atoms with Crippen molar-refractivity contribution in [3.8, 4) is 0 Å². The fraction of sp³-hybridized carbons (Fsp3) is 0.538. The molecule has 0 aliphatic heterocycles. The predicted molar refractivity (Wildman–Crippen MR) is 65.2 cm³/mol. The molecule has 0 saturated carbocycles. The van der Waals surface area contributed by atoms with Crippen LogP contribution in [-0.4, -0.2) is 24.4 Å². The van der Waals surface area contributed by atoms with Gasteiger partial charge in [-0.1, -0.05) is 24.3 Å². The zero-order valence-electron chi connectivity index (χ0n) is 10.2. The maximum absolute atomic E-state index is 9.65. The number of rotatable bonds is 5. The second-order valence-corrected chi connectivity index (χ2v) is 4.64. The van der Waals surface area contributed by atoms with Gasteiger partial charge in [0.25, 0.3) is 0 Å². The Balaban J connectivity index is 2.82. The van der Waals surface area contributed by atoms with Gasteiger partial charge in [-0.3, -0.25) is 0 Å². The third kappa shape index (κ3) is 3.59. The first-order valence-corrected chi connectivity index (χ1v) is 5.50. The van der Waals surface area contributed by atoms with Crippen molar-refractivity contribution in [1.82, 2.24) is 0 Å². The van der Waals surface area contributed by atoms with Crippen molar-refractivity contribution < 1.29 is 9.84 Å². The van der Waals surface area contributed by atoms with E-state index in [1.807, 2.05) is 38.1 Å². The van der Waals surface area contributed by atoms with Gasteiger partial charge in [0.1, 0.15) is 0 Å². The summed E-state index contributed by atoms with van der Waals surface area (Å²) >= 11 is 0. The Hall–Kier alpha value is -0.900. The molecule has 0 spiro atoms. The molecule has 0 heterocycles. The topological polar surface area (TPSA) is 55.5 Å². The standard InChI is InChI=1S/C13H21NO2/c1-13(2,16-3)8-10-5-4-6-11(7-10)12(15)9-14/h4-7,12,15H,8-9,14H2,1-3H3. The number of hydrogen-bond acceptors (Lipinski definition) is 3. The lowest BCUT2D eigenvalue weighted by Crippen LogP contribution is -2.25. The number of aliphatic hydroxyl groups is 1. The summed E-state index contributed by atoms with van der Waals surface area (Å²) in [5.41, 5.74) is 7.26. The van der Waals surface area contributed by atoms with Gasteiger partial charge in [-0.25, -0.2) is 0 Å². The van der Waals surface area contributed by atoms with Crippen LogP contribution >= 0.6 is 0 Å². The second-order valence-electron chi connectivity index (χ2n) is 4.64. The van der Waals surface area contributed by atoms with Crippen molar-refractivity contribution in [1.29, 1.82) is 0 Å². The van der Waals surface area contributed by atoms with Crippen LogP contribution in [0.1, 0.15) is 31.1 Å². The van der Waals surface area contributed by atoms with Gasteiger partial charge in [0, 0.05) is 20.1 Å². The van der Waals surface area contributed by atoms with Gasteiger partial charge in [0.15, 0.2) is 0 Å². The Kier molecular flexibility index (Phi) is 4.47. The maximum atomic E-state index is 9.65. The van der Waals surface area contributed by atoms with Crippen LogP contribution in [0.25, 0.3) is 0 Å². The highest BCUT2D eigenvalue weighted by Gasteiger charge is 2.17. The van der Waals surface area contributed by atoms with E-state index in [9.17, 15) is 5.11 Å². The number of aliphatic hydroxyl groups excluding tert-OH is 1. The van der Waals surface area contributed by atoms with E-state index in [1.54, 1.807) is 7.11 Å². The maximum Gasteiger partial charge on any atom is 0.0912 e. The summed E-state index contributed by atoms with van der Waals surface area (Å²) in [5, 5.41) is 9.65. The number of nitrogens with two attached hydrogens (primary N) is 1. The zero-order valence-corrected chi connectivity index (χ0v) is 10.2. The molecule has 0 radical (unpaired) electrons. The van der Waals surface area contributed by atoms with Gasteiger partial charge in [0.05, 0.1) is 11.7 Å². The van der Waals surface area contributed by atoms with Crippen LogP contribution < -0.4 is 5.73 Å². The molecular weight excluding hydrogens is 202 g/mol. The highest BCUT2D eigenvalue weighted by atomic mass is 16.5. The summed E-state index contributed by atoms with van der Waals surface area (Å²) in [6.45, 7) is 4.33. The van der Waals surface area contributed by atoms with E-state index in [0.29, 0.717) is 0 Å². The Morgan fingerprint density at radius 3 is 2.69 bits per heavy atom. The van der Waals surface area contributed by atoms with Crippen molar-refractivity contribution in [3.63, 3.8) is 0 Å². The van der Waals surface area contributed by atoms with Crippen LogP contribution in [0.15, 0.2) is 24.3 Å². The van der Waals surface area contributed by atoms with Crippen LogP contribution in [-0.2, 0) is 11.2 Å². The molecular formula is C13H21NO2. The minimum absolute atomic E-state index is 0.188. The second kappa shape index (κ2) is 5.43. The van der Waals surface area contributed by atoms with E-state index in [0.717, 1.165) is 17.5 Å². The van der Waals surface area contributed by atoms with Crippen LogP contribution in [0.4, 0.5) is 0 Å². The Morgan fingerprint density at radius 2 is 2.12 bits per heavy atom. The van der Waals surface area contributed by atoms with Crippen molar-refractivity contribution >= 4 is 0 Å². The smallest absolute Gasteiger partial charge is 0.0912 e. The molecule has 16 heavy (non-hydrogen) atoms. The lowest BCUT2D eigenvalue weighted by atomic mass is 9.96. The Morgan fingerprint density at radius 1 is 1.44 bits per heavy atom. The Bertz CT molecular complexity index is 336. The molecule has 0 aliphatic rings. The van der Waals surface area contributed by atoms with Crippen LogP contribution in [0.5, 0.6) is 0 Å². The molecule has 0 amide bonds. The highest BCUT2D eigenvalue weighted by Crippen LogP contribution is 2.19. The van der Waals surface area contributed by atoms with Gasteiger partial charge < -0.3 is 15.6 Å². The first kappa shape index (κ1) is 13.2. The quantitative estimate of drug-likeness (QED) is 0.798. The van der Waals surface area contributed by atoms with E-state index in [4.69, 9.17) is 10.5 Å². The number of hydrogen-bond donors (Lipinski definition) is 2. The molecule has 0 aliphatic carbocycles. The number of benzene rings is 1. The monoisotopic (exact) mass is 223 g/mol. The number of methoxy groups -OCH3 is 1. The van der Waals surface area contributed by atoms with Crippen LogP contribution in [0.2, 0.25) is 0 Å². The molecule has 1 aromatic rings. The largest absolute Gasteiger partial charge is 0.387 e. The van der Waals surface area contributed by atoms with E-state index < -0.39 is 6.10 Å². The normalized spacial score (nSPS) is 13.8. The highest BCUT2D eigenvalue weighted by molar-refractivity contribution is 5.26. The molecule has 0 saturated heterocycles. The summed E-state index contributed by atoms with van der Waals surface area (Å²) in [7, 11) is 1.71. The molecule has 3 nitrogen and oxygen atoms in total. The van der Waals surface area contributed by atoms with Crippen molar-refractivity contribution in [3.05, 3.63) is 35.4 Å². The van der Waals surface area contributed by atoms with Crippen molar-refractivity contribution in [2.24, 2.45) is 5.73 Å². The zero-order chi connectivity index (χ0) is 12.2. The molecule has 0 fully saturated rings. The van der Waals surface area contributed by atoms with Crippen LogP contribution in [0, 0.1) is 0 Å². The summed E-state index contributed by atoms with van der Waals surface area (Å²) in [4.78, 5) is 0. The summed E-state index contributed by atoms with van der Waals surface area (Å²) in [6, 6.07) is 7.85. The van der Waals surface area contributed by atoms with Gasteiger partial charge >= 0.3 is 0 Å². The van der Waals surface area contributed by atoms with Gasteiger partial charge in [0.2, 0.25) is 0 Å². The van der Waals surface area contributed by atoms with Crippen molar-refractivity contribution in [2.75, 3.05) is 13.7 Å². The Labute approximate surface area is 97.2 Å². The molecule has 0 bridgehead atoms. The van der Waals surface area contributed by atoms with E-state index >= 15 is 0 Å². The third-order valence-corrected chi connectivity index (χ3v) is 2.74. The van der Waals surface area contributed by atoms with Gasteiger partial charge in [-0.2, -0.15) is 0 Å². The summed E-state index contributed by atoms with van der Waals surface area (Å²) in [6.07, 6.45) is 0.236. The SMILES string of the molecule is COC(C)(C)Cc1cccc(C(O)CN)c1. The first-order chi connectivity index (χ1) is 7.48. The van der Waals surface area contributed by atoms with Crippen molar-refractivity contribution in [2.45, 2.75) is 32.0 Å². The molecule has 3 N–H and O–H groups in total. The molecule has 1 aromatic carbocycles. The molecule has 1 unspecified atom stereocenters. The van der Waals surface area contributed by atoms with E-state index in [-0.39, 0.29) is 12.1 Å². The molecule has 90 valence electrons. The molecule has 3 heteroatoms. The number of ether oxygens (including phenoxy) is 1. The average molecular weight is 223 g/mol. The fourth-order valence-corrected chi connectivity index (χ4v) is 1.61. The average Bonchev–Trinajstić information content (AvgIpc) is 2.28. The minimum atomic E-state index is -0.578. The first-order valence-electron chi connectivity index (χ1n) is 5.50. The summed E-state index contributed by atoms with van der Waals surface area (Å²) in [5.74, 6) is 0. The van der Waals surface area contributed by atoms with E-state index in [1.165, 1.54) is 0 Å². The predicted octanol–water partition coefficient (Wildman–Crippen LogP) is 1.65. The summed E-state index contributed by atoms with van der Waals surface area (Å²) < 4.78 is 5.38. The lowest BCUT2D eigenvalue weighted by molar-refractivity contribution is 0.0231. The van der Waals surface area contributed by atoms with Crippen LogP contribution in [0.3, 0.4) is 0 Å². The third-order valence-electron chi connectivity index (χ3n) is 2.74. The van der Waals surface area contributed by atoms with E-state index in [2.05, 4.69) is 0 Å².